The first-order valence-electron chi connectivity index (χ1n) is 7.07. The molecule has 104 valence electrons. The number of rotatable bonds is 1. The van der Waals surface area contributed by atoms with Crippen molar-refractivity contribution >= 4 is 0 Å². The van der Waals surface area contributed by atoms with E-state index in [1.807, 2.05) is 24.3 Å². The highest BCUT2D eigenvalue weighted by Gasteiger charge is 2.29. The lowest BCUT2D eigenvalue weighted by atomic mass is 9.89. The van der Waals surface area contributed by atoms with Crippen LogP contribution in [-0.2, 0) is 0 Å². The van der Waals surface area contributed by atoms with E-state index in [9.17, 15) is 5.11 Å². The fourth-order valence-corrected chi connectivity index (χ4v) is 3.27. The topological polar surface area (TPSA) is 29.5 Å². The molecule has 0 radical (unpaired) electrons. The van der Waals surface area contributed by atoms with Crippen LogP contribution in [0.25, 0.3) is 0 Å². The lowest BCUT2D eigenvalue weighted by molar-refractivity contribution is 0.0652. The zero-order chi connectivity index (χ0) is 14.3. The third-order valence-corrected chi connectivity index (χ3v) is 4.04. The molecule has 0 saturated carbocycles. The average molecular weight is 268 g/mol. The van der Waals surface area contributed by atoms with Crippen LogP contribution in [0, 0.1) is 20.8 Å². The highest BCUT2D eigenvalue weighted by atomic mass is 16.5. The zero-order valence-electron chi connectivity index (χ0n) is 12.2. The summed E-state index contributed by atoms with van der Waals surface area (Å²) in [5.74, 6) is 0.802. The van der Waals surface area contributed by atoms with E-state index in [0.717, 1.165) is 11.3 Å². The highest BCUT2D eigenvalue weighted by Crippen LogP contribution is 2.42. The van der Waals surface area contributed by atoms with E-state index >= 15 is 0 Å². The maximum Gasteiger partial charge on any atom is 0.127 e. The Bertz CT molecular complexity index is 623. The largest absolute Gasteiger partial charge is 0.485 e. The van der Waals surface area contributed by atoms with Gasteiger partial charge in [-0.05, 0) is 43.5 Å². The van der Waals surface area contributed by atoms with Crippen LogP contribution in [0.1, 0.15) is 46.4 Å². The number of para-hydroxylation sites is 1. The van der Waals surface area contributed by atoms with E-state index in [1.165, 1.54) is 22.3 Å². The number of fused-ring (bicyclic) bond motifs is 1. The van der Waals surface area contributed by atoms with E-state index in [-0.39, 0.29) is 6.10 Å². The van der Waals surface area contributed by atoms with Gasteiger partial charge in [-0.15, -0.1) is 0 Å². The van der Waals surface area contributed by atoms with E-state index in [4.69, 9.17) is 4.74 Å². The summed E-state index contributed by atoms with van der Waals surface area (Å²) in [4.78, 5) is 0. The van der Waals surface area contributed by atoms with Gasteiger partial charge < -0.3 is 9.84 Å². The van der Waals surface area contributed by atoms with Crippen LogP contribution in [0.3, 0.4) is 0 Å². The Hall–Kier alpha value is -1.80. The Morgan fingerprint density at radius 1 is 1.05 bits per heavy atom. The summed E-state index contributed by atoms with van der Waals surface area (Å²) in [7, 11) is 0. The predicted octanol–water partition coefficient (Wildman–Crippen LogP) is 4.17. The molecule has 2 aromatic rings. The van der Waals surface area contributed by atoms with Gasteiger partial charge in [0.05, 0.1) is 6.10 Å². The van der Waals surface area contributed by atoms with Gasteiger partial charge in [-0.1, -0.05) is 35.9 Å². The van der Waals surface area contributed by atoms with Gasteiger partial charge in [0.15, 0.2) is 0 Å². The first kappa shape index (κ1) is 13.2. The molecule has 0 aromatic heterocycles. The van der Waals surface area contributed by atoms with Crippen LogP contribution < -0.4 is 4.74 Å². The molecular formula is C18H20O2. The minimum absolute atomic E-state index is 0.0690. The molecule has 0 amide bonds. The van der Waals surface area contributed by atoms with Crippen molar-refractivity contribution in [1.82, 2.24) is 0 Å². The molecule has 1 N–H and O–H groups in total. The summed E-state index contributed by atoms with van der Waals surface area (Å²) in [6.07, 6.45) is 0.0902. The molecule has 1 aliphatic heterocycles. The van der Waals surface area contributed by atoms with Gasteiger partial charge in [-0.2, -0.15) is 0 Å². The Morgan fingerprint density at radius 2 is 1.70 bits per heavy atom. The van der Waals surface area contributed by atoms with E-state index in [2.05, 4.69) is 32.9 Å². The molecular weight excluding hydrogens is 248 g/mol. The van der Waals surface area contributed by atoms with Crippen molar-refractivity contribution in [3.05, 3.63) is 64.2 Å². The van der Waals surface area contributed by atoms with Gasteiger partial charge in [0, 0.05) is 12.0 Å². The molecule has 2 aromatic carbocycles. The summed E-state index contributed by atoms with van der Waals surface area (Å²) >= 11 is 0. The fourth-order valence-electron chi connectivity index (χ4n) is 3.27. The fraction of sp³-hybridized carbons (Fsp3) is 0.333. The maximum atomic E-state index is 10.3. The number of aliphatic hydroxyl groups is 1. The van der Waals surface area contributed by atoms with Gasteiger partial charge in [0.25, 0.3) is 0 Å². The van der Waals surface area contributed by atoms with Gasteiger partial charge in [0.2, 0.25) is 0 Å². The zero-order valence-corrected chi connectivity index (χ0v) is 12.2. The van der Waals surface area contributed by atoms with Gasteiger partial charge >= 0.3 is 0 Å². The third-order valence-electron chi connectivity index (χ3n) is 4.04. The lowest BCUT2D eigenvalue weighted by Gasteiger charge is -2.31. The minimum Gasteiger partial charge on any atom is -0.485 e. The number of ether oxygens (including phenoxy) is 1. The number of hydrogen-bond donors (Lipinski definition) is 1. The normalized spacial score (nSPS) is 21.2. The van der Waals surface area contributed by atoms with Crippen LogP contribution in [0.4, 0.5) is 0 Å². The predicted molar refractivity (Wildman–Crippen MR) is 80.0 cm³/mol. The van der Waals surface area contributed by atoms with Crippen molar-refractivity contribution in [2.75, 3.05) is 0 Å². The molecule has 0 aliphatic carbocycles. The van der Waals surface area contributed by atoms with Gasteiger partial charge in [-0.25, -0.2) is 0 Å². The quantitative estimate of drug-likeness (QED) is 0.841. The molecule has 1 heterocycles. The first-order valence-corrected chi connectivity index (χ1v) is 7.07. The average Bonchev–Trinajstić information content (AvgIpc) is 2.37. The van der Waals surface area contributed by atoms with E-state index < -0.39 is 6.10 Å². The first-order chi connectivity index (χ1) is 9.56. The molecule has 0 saturated heterocycles. The number of hydrogen-bond acceptors (Lipinski definition) is 2. The van der Waals surface area contributed by atoms with Crippen LogP contribution in [-0.4, -0.2) is 5.11 Å². The van der Waals surface area contributed by atoms with Crippen molar-refractivity contribution < 1.29 is 9.84 Å². The summed E-state index contributed by atoms with van der Waals surface area (Å²) in [6.45, 7) is 6.34. The monoisotopic (exact) mass is 268 g/mol. The smallest absolute Gasteiger partial charge is 0.127 e. The second-order valence-electron chi connectivity index (χ2n) is 5.71. The molecule has 3 rings (SSSR count). The van der Waals surface area contributed by atoms with Crippen molar-refractivity contribution in [3.63, 3.8) is 0 Å². The highest BCUT2D eigenvalue weighted by molar-refractivity contribution is 5.43. The Kier molecular flexibility index (Phi) is 3.27. The van der Waals surface area contributed by atoms with Crippen molar-refractivity contribution in [2.24, 2.45) is 0 Å². The summed E-state index contributed by atoms with van der Waals surface area (Å²) in [5.41, 5.74) is 5.84. The molecule has 1 unspecified atom stereocenters. The molecule has 0 fully saturated rings. The van der Waals surface area contributed by atoms with Crippen molar-refractivity contribution in [1.29, 1.82) is 0 Å². The minimum atomic E-state index is -0.454. The van der Waals surface area contributed by atoms with Crippen molar-refractivity contribution in [3.8, 4) is 5.75 Å². The molecule has 1 aliphatic rings. The van der Waals surface area contributed by atoms with Crippen LogP contribution in [0.5, 0.6) is 5.75 Å². The summed E-state index contributed by atoms with van der Waals surface area (Å²) in [5, 5.41) is 10.3. The number of aliphatic hydroxyl groups excluding tert-OH is 1. The summed E-state index contributed by atoms with van der Waals surface area (Å²) < 4.78 is 6.13. The molecule has 0 spiro atoms. The molecule has 2 nitrogen and oxygen atoms in total. The van der Waals surface area contributed by atoms with Gasteiger partial charge in [-0.3, -0.25) is 0 Å². The van der Waals surface area contributed by atoms with Gasteiger partial charge in [0.1, 0.15) is 11.9 Å². The Morgan fingerprint density at radius 3 is 2.40 bits per heavy atom. The lowest BCUT2D eigenvalue weighted by Crippen LogP contribution is -2.20. The van der Waals surface area contributed by atoms with Crippen LogP contribution >= 0.6 is 0 Å². The van der Waals surface area contributed by atoms with E-state index in [1.54, 1.807) is 0 Å². The number of benzene rings is 2. The second kappa shape index (κ2) is 4.95. The Labute approximate surface area is 120 Å². The second-order valence-corrected chi connectivity index (χ2v) is 5.71. The molecule has 2 heteroatoms. The van der Waals surface area contributed by atoms with Crippen LogP contribution in [0.15, 0.2) is 36.4 Å². The maximum absolute atomic E-state index is 10.3. The summed E-state index contributed by atoms with van der Waals surface area (Å²) in [6, 6.07) is 12.1. The third kappa shape index (κ3) is 2.20. The molecule has 2 atom stereocenters. The molecule has 0 bridgehead atoms. The molecule has 20 heavy (non-hydrogen) atoms. The standard InChI is InChI=1S/C18H20O2/c1-11-8-12(2)18(13(3)9-11)17-10-15(19)14-6-4-5-7-16(14)20-17/h4-9,15,17,19H,10H2,1-3H3/t15-,17?/m0/s1. The van der Waals surface area contributed by atoms with E-state index in [0.29, 0.717) is 6.42 Å². The SMILES string of the molecule is Cc1cc(C)c(C2C[C@H](O)c3ccccc3O2)c(C)c1. The Balaban J connectivity index is 2.02. The number of aryl methyl sites for hydroxylation is 3. The van der Waals surface area contributed by atoms with Crippen LogP contribution in [0.2, 0.25) is 0 Å². The van der Waals surface area contributed by atoms with Crippen molar-refractivity contribution in [2.45, 2.75) is 39.4 Å².